The maximum absolute atomic E-state index is 4.26. The van der Waals surface area contributed by atoms with E-state index in [-0.39, 0.29) is 40.4 Å². The van der Waals surface area contributed by atoms with Gasteiger partial charge in [-0.2, -0.15) is 0 Å². The Labute approximate surface area is 520 Å². The summed E-state index contributed by atoms with van der Waals surface area (Å²) in [5.41, 5.74) is 0. The van der Waals surface area contributed by atoms with E-state index in [1.54, 1.807) is 0 Å². The molecule has 454 valence electrons. The minimum atomic E-state index is 0. The van der Waals surface area contributed by atoms with Gasteiger partial charge >= 0.3 is 0 Å². The summed E-state index contributed by atoms with van der Waals surface area (Å²) in [7, 11) is 0. The van der Waals surface area contributed by atoms with Crippen molar-refractivity contribution in [3.8, 4) is 0 Å². The molecular weight excluding hydrogens is 1140 g/mol. The quantitative estimate of drug-likeness (QED) is 0.151. The summed E-state index contributed by atoms with van der Waals surface area (Å²) in [4.78, 5) is 0. The second-order valence-electron chi connectivity index (χ2n) is 31.2. The normalized spacial score (nSPS) is 56.9. The fourth-order valence-corrected chi connectivity index (χ4v) is 23.9. The van der Waals surface area contributed by atoms with Crippen LogP contribution in [0.2, 0.25) is 0 Å². The van der Waals surface area contributed by atoms with Gasteiger partial charge in [-0.25, -0.2) is 0 Å². The van der Waals surface area contributed by atoms with Crippen molar-refractivity contribution in [3.63, 3.8) is 0 Å². The van der Waals surface area contributed by atoms with Crippen molar-refractivity contribution in [2.75, 3.05) is 0 Å². The van der Waals surface area contributed by atoms with Crippen LogP contribution in [0.3, 0.4) is 0 Å². The van der Waals surface area contributed by atoms with Gasteiger partial charge in [0.15, 0.2) is 0 Å². The molecule has 0 spiro atoms. The number of fused-ring (bicyclic) bond motifs is 40. The van der Waals surface area contributed by atoms with Crippen molar-refractivity contribution >= 4 is 0 Å². The maximum Gasteiger partial charge on any atom is 0.0628 e. The summed E-state index contributed by atoms with van der Waals surface area (Å²) in [5.74, 6) is 11.9. The van der Waals surface area contributed by atoms with Gasteiger partial charge in [0.05, 0.1) is 98.7 Å². The monoisotopic (exact) mass is 1260 g/mol. The van der Waals surface area contributed by atoms with Gasteiger partial charge in [0.25, 0.3) is 0 Å². The van der Waals surface area contributed by atoms with E-state index in [1.165, 1.54) is 205 Å². The van der Waals surface area contributed by atoms with E-state index in [4.69, 9.17) is 0 Å². The molecule has 8 saturated carbocycles. The summed E-state index contributed by atoms with van der Waals surface area (Å²) in [5, 5.41) is 67.6. The molecule has 10 saturated heterocycles. The van der Waals surface area contributed by atoms with Crippen molar-refractivity contribution in [1.29, 1.82) is 0 Å². The first-order valence-corrected chi connectivity index (χ1v) is 35.8. The SMILES string of the molecule is C1CCC2C3NC(NC4NC(NC5NC(NC6NC(N3)C3CCCCC63)C3CCCCC53)C3CCCCC43)C2C1.C1CCC2C3NC(NC4NC(NC5NC(NC6NC(N3)C3CCCCC63)C3CCCCC53)C3CCCCC43)C2C1.[Sm]. The molecule has 16 N–H and O–H groups in total. The zero-order valence-electron chi connectivity index (χ0n) is 49.5. The summed E-state index contributed by atoms with van der Waals surface area (Å²) in [6.07, 6.45) is 51.1. The summed E-state index contributed by atoms with van der Waals surface area (Å²) < 4.78 is 0. The van der Waals surface area contributed by atoms with E-state index >= 15 is 0 Å². The summed E-state index contributed by atoms with van der Waals surface area (Å²) in [6.45, 7) is 0. The zero-order valence-corrected chi connectivity index (χ0v) is 52.1. The molecule has 16 atom stereocenters. The Kier molecular flexibility index (Phi) is 17.2. The van der Waals surface area contributed by atoms with Crippen LogP contribution >= 0.6 is 0 Å². The Hall–Kier alpha value is 0.698. The predicted molar refractivity (Wildman–Crippen MR) is 314 cm³/mol. The van der Waals surface area contributed by atoms with E-state index in [0.717, 1.165) is 94.7 Å². The Morgan fingerprint density at radius 1 is 0.111 bits per heavy atom. The Balaban J connectivity index is 0.000000132. The average molecular weight is 1260 g/mol. The van der Waals surface area contributed by atoms with Crippen molar-refractivity contribution in [2.24, 2.45) is 94.7 Å². The van der Waals surface area contributed by atoms with Crippen molar-refractivity contribution < 1.29 is 40.4 Å². The molecule has 10 heterocycles. The number of hydrogen-bond acceptors (Lipinski definition) is 16. The van der Waals surface area contributed by atoms with Crippen LogP contribution in [0.4, 0.5) is 0 Å². The molecule has 18 fully saturated rings. The van der Waals surface area contributed by atoms with Crippen LogP contribution in [0.1, 0.15) is 205 Å². The molecule has 0 radical (unpaired) electrons. The second kappa shape index (κ2) is 24.5. The molecule has 0 amide bonds. The van der Waals surface area contributed by atoms with Crippen LogP contribution in [-0.4, -0.2) is 98.7 Å². The predicted octanol–water partition coefficient (Wildman–Crippen LogP) is 5.21. The molecule has 18 aliphatic rings. The Morgan fingerprint density at radius 3 is 0.235 bits per heavy atom. The van der Waals surface area contributed by atoms with Gasteiger partial charge in [-0.3, -0.25) is 85.1 Å². The number of nitrogens with one attached hydrogen (secondary N) is 16. The fourth-order valence-electron chi connectivity index (χ4n) is 23.9. The molecule has 10 aliphatic heterocycles. The third-order valence-corrected chi connectivity index (χ3v) is 27.6. The largest absolute Gasteiger partial charge is 0.286 e. The van der Waals surface area contributed by atoms with E-state index < -0.39 is 0 Å². The topological polar surface area (TPSA) is 192 Å². The molecule has 8 aliphatic carbocycles. The maximum atomic E-state index is 4.26. The first-order valence-electron chi connectivity index (χ1n) is 35.8. The van der Waals surface area contributed by atoms with Crippen LogP contribution in [-0.2, 0) is 0 Å². The van der Waals surface area contributed by atoms with Gasteiger partial charge in [-0.1, -0.05) is 103 Å². The molecule has 0 aromatic rings. The molecule has 17 heteroatoms. The zero-order chi connectivity index (χ0) is 52.4. The first-order chi connectivity index (χ1) is 39.6. The van der Waals surface area contributed by atoms with Crippen LogP contribution in [0.25, 0.3) is 0 Å². The van der Waals surface area contributed by atoms with Gasteiger partial charge in [-0.15, -0.1) is 0 Å². The van der Waals surface area contributed by atoms with Crippen molar-refractivity contribution in [3.05, 3.63) is 0 Å². The third-order valence-electron chi connectivity index (χ3n) is 27.6. The first kappa shape index (κ1) is 56.9. The molecule has 16 unspecified atom stereocenters. The standard InChI is InChI=1S/2C32H56N8.Sm/c2*1-2-10-18-17(9-1)25-33-26(18)38-28-21-13-5-6-14-22(21)30(35-28)40-32-24-16-8-7-15-23(24)31(36-32)39-29-20-12-4-3-11-19(20)27(34-29)37-25;/h2*17-40H,1-16H2;. The van der Waals surface area contributed by atoms with Gasteiger partial charge in [-0.05, 0) is 197 Å². The second-order valence-corrected chi connectivity index (χ2v) is 31.2. The van der Waals surface area contributed by atoms with E-state index in [1.807, 2.05) is 0 Å². The summed E-state index contributed by atoms with van der Waals surface area (Å²) >= 11 is 0. The van der Waals surface area contributed by atoms with Crippen LogP contribution in [0.5, 0.6) is 0 Å². The molecule has 0 aromatic heterocycles. The van der Waals surface area contributed by atoms with Gasteiger partial charge in [0.2, 0.25) is 0 Å². The molecule has 16 nitrogen and oxygen atoms in total. The average Bonchev–Trinajstić information content (AvgIpc) is 4.47. The van der Waals surface area contributed by atoms with Crippen molar-refractivity contribution in [2.45, 2.75) is 304 Å². The molecular formula is C64H112N16Sm. The molecule has 0 aromatic carbocycles. The number of hydrogen-bond donors (Lipinski definition) is 16. The third kappa shape index (κ3) is 10.6. The molecule has 18 rings (SSSR count). The Bertz CT molecular complexity index is 1570. The minimum Gasteiger partial charge on any atom is -0.286 e. The smallest absolute Gasteiger partial charge is 0.0628 e. The number of rotatable bonds is 0. The Morgan fingerprint density at radius 2 is 0.173 bits per heavy atom. The molecule has 81 heavy (non-hydrogen) atoms. The van der Waals surface area contributed by atoms with Gasteiger partial charge in [0.1, 0.15) is 0 Å². The molecule has 16 bridgehead atoms. The van der Waals surface area contributed by atoms with Crippen LogP contribution < -0.4 is 85.1 Å². The van der Waals surface area contributed by atoms with Crippen LogP contribution in [0, 0.1) is 135 Å². The fraction of sp³-hybridized carbons (Fsp3) is 1.00. The van der Waals surface area contributed by atoms with E-state index in [9.17, 15) is 0 Å². The van der Waals surface area contributed by atoms with Gasteiger partial charge in [0, 0.05) is 40.4 Å². The van der Waals surface area contributed by atoms with Gasteiger partial charge < -0.3 is 0 Å². The van der Waals surface area contributed by atoms with Crippen LogP contribution in [0.15, 0.2) is 0 Å². The minimum absolute atomic E-state index is 0. The summed E-state index contributed by atoms with van der Waals surface area (Å²) in [6, 6.07) is 0. The van der Waals surface area contributed by atoms with Crippen molar-refractivity contribution in [1.82, 2.24) is 85.1 Å². The van der Waals surface area contributed by atoms with E-state index in [2.05, 4.69) is 85.1 Å². The van der Waals surface area contributed by atoms with E-state index in [0.29, 0.717) is 98.7 Å².